The van der Waals surface area contributed by atoms with E-state index in [1.54, 1.807) is 0 Å². The average Bonchev–Trinajstić information content (AvgIpc) is 2.85. The zero-order valence-electron chi connectivity index (χ0n) is 13.7. The lowest BCUT2D eigenvalue weighted by atomic mass is 9.79. The van der Waals surface area contributed by atoms with Crippen LogP contribution in [0.5, 0.6) is 0 Å². The number of hydrogen-bond acceptors (Lipinski definition) is 4. The molecule has 4 heteroatoms. The van der Waals surface area contributed by atoms with Gasteiger partial charge in [-0.3, -0.25) is 4.90 Å². The number of aromatic nitrogens is 1. The molecule has 0 amide bonds. The smallest absolute Gasteiger partial charge is 0.226 e. The van der Waals surface area contributed by atoms with Crippen LogP contribution < -0.4 is 5.73 Å². The molecule has 0 spiro atoms. The number of nitrogens with two attached hydrogens (primary N) is 1. The molecule has 1 saturated heterocycles. The van der Waals surface area contributed by atoms with E-state index in [0.29, 0.717) is 5.89 Å². The standard InChI is InChI=1S/C18H25N3O/c1-13-15(11-21-10-9-16(19)18(2,3)12-21)20-17(22-13)14-7-5-4-6-8-14/h4-8,16H,9-12,19H2,1-3H3. The number of aryl methyl sites for hydroxylation is 1. The molecule has 1 aromatic heterocycles. The van der Waals surface area contributed by atoms with Gasteiger partial charge in [-0.05, 0) is 30.9 Å². The summed E-state index contributed by atoms with van der Waals surface area (Å²) in [6, 6.07) is 10.3. The van der Waals surface area contributed by atoms with Crippen molar-refractivity contribution in [2.45, 2.75) is 39.8 Å². The van der Waals surface area contributed by atoms with E-state index in [-0.39, 0.29) is 11.5 Å². The first kappa shape index (κ1) is 15.3. The summed E-state index contributed by atoms with van der Waals surface area (Å²) in [5, 5.41) is 0. The molecule has 22 heavy (non-hydrogen) atoms. The molecule has 118 valence electrons. The fraction of sp³-hybridized carbons (Fsp3) is 0.500. The summed E-state index contributed by atoms with van der Waals surface area (Å²) < 4.78 is 5.85. The Kier molecular flexibility index (Phi) is 4.06. The Morgan fingerprint density at radius 2 is 2.05 bits per heavy atom. The maximum atomic E-state index is 6.22. The molecule has 4 nitrogen and oxygen atoms in total. The van der Waals surface area contributed by atoms with Gasteiger partial charge in [0.2, 0.25) is 5.89 Å². The molecule has 0 aliphatic carbocycles. The van der Waals surface area contributed by atoms with Crippen LogP contribution in [0.4, 0.5) is 0 Å². The van der Waals surface area contributed by atoms with Crippen LogP contribution in [0.1, 0.15) is 31.7 Å². The molecule has 0 radical (unpaired) electrons. The van der Waals surface area contributed by atoms with E-state index in [2.05, 4.69) is 18.7 Å². The number of piperidine rings is 1. The van der Waals surface area contributed by atoms with E-state index in [1.807, 2.05) is 37.3 Å². The number of oxazole rings is 1. The second-order valence-corrected chi connectivity index (χ2v) is 6.98. The summed E-state index contributed by atoms with van der Waals surface area (Å²) in [5.41, 5.74) is 8.43. The van der Waals surface area contributed by atoms with Gasteiger partial charge < -0.3 is 10.2 Å². The Morgan fingerprint density at radius 3 is 2.73 bits per heavy atom. The Hall–Kier alpha value is -1.65. The van der Waals surface area contributed by atoms with Gasteiger partial charge in [0.1, 0.15) is 5.76 Å². The van der Waals surface area contributed by atoms with Crippen molar-refractivity contribution in [3.8, 4) is 11.5 Å². The van der Waals surface area contributed by atoms with Crippen molar-refractivity contribution in [2.75, 3.05) is 13.1 Å². The van der Waals surface area contributed by atoms with Crippen LogP contribution >= 0.6 is 0 Å². The third kappa shape index (κ3) is 3.08. The first-order chi connectivity index (χ1) is 10.5. The molecule has 1 aromatic carbocycles. The molecule has 1 atom stereocenters. The van der Waals surface area contributed by atoms with Gasteiger partial charge in [0.15, 0.2) is 0 Å². The number of benzene rings is 1. The van der Waals surface area contributed by atoms with E-state index in [9.17, 15) is 0 Å². The molecular formula is C18H25N3O. The van der Waals surface area contributed by atoms with Crippen molar-refractivity contribution in [3.63, 3.8) is 0 Å². The summed E-state index contributed by atoms with van der Waals surface area (Å²) in [5.74, 6) is 1.62. The highest BCUT2D eigenvalue weighted by Crippen LogP contribution is 2.29. The summed E-state index contributed by atoms with van der Waals surface area (Å²) in [6.45, 7) is 9.34. The van der Waals surface area contributed by atoms with Crippen LogP contribution in [0.15, 0.2) is 34.7 Å². The SMILES string of the molecule is Cc1oc(-c2ccccc2)nc1CN1CCC(N)C(C)(C)C1. The molecule has 0 saturated carbocycles. The highest BCUT2D eigenvalue weighted by Gasteiger charge is 2.33. The van der Waals surface area contributed by atoms with Crippen molar-refractivity contribution >= 4 is 0 Å². The van der Waals surface area contributed by atoms with Gasteiger partial charge in [-0.25, -0.2) is 4.98 Å². The molecule has 0 bridgehead atoms. The first-order valence-electron chi connectivity index (χ1n) is 7.95. The molecule has 1 fully saturated rings. The summed E-state index contributed by atoms with van der Waals surface area (Å²) in [4.78, 5) is 7.13. The van der Waals surface area contributed by atoms with Gasteiger partial charge in [0.05, 0.1) is 5.69 Å². The summed E-state index contributed by atoms with van der Waals surface area (Å²) >= 11 is 0. The highest BCUT2D eigenvalue weighted by molar-refractivity contribution is 5.53. The second kappa shape index (κ2) is 5.86. The zero-order valence-corrected chi connectivity index (χ0v) is 13.7. The predicted octanol–water partition coefficient (Wildman–Crippen LogP) is 3.21. The van der Waals surface area contributed by atoms with Crippen molar-refractivity contribution in [3.05, 3.63) is 41.8 Å². The van der Waals surface area contributed by atoms with E-state index in [4.69, 9.17) is 15.1 Å². The third-order valence-corrected chi connectivity index (χ3v) is 4.68. The molecule has 1 aliphatic heterocycles. The van der Waals surface area contributed by atoms with Gasteiger partial charge in [-0.15, -0.1) is 0 Å². The van der Waals surface area contributed by atoms with Crippen LogP contribution in [0.25, 0.3) is 11.5 Å². The zero-order chi connectivity index (χ0) is 15.7. The van der Waals surface area contributed by atoms with Gasteiger partial charge in [0.25, 0.3) is 0 Å². The van der Waals surface area contributed by atoms with Crippen molar-refractivity contribution < 1.29 is 4.42 Å². The van der Waals surface area contributed by atoms with E-state index in [0.717, 1.165) is 43.1 Å². The largest absolute Gasteiger partial charge is 0.441 e. The molecule has 2 aromatic rings. The van der Waals surface area contributed by atoms with Gasteiger partial charge in [-0.1, -0.05) is 32.0 Å². The lowest BCUT2D eigenvalue weighted by Crippen LogP contribution is -2.52. The van der Waals surface area contributed by atoms with Gasteiger partial charge >= 0.3 is 0 Å². The van der Waals surface area contributed by atoms with Crippen LogP contribution in [0.3, 0.4) is 0 Å². The van der Waals surface area contributed by atoms with Gasteiger partial charge in [0, 0.05) is 31.2 Å². The molecule has 2 heterocycles. The van der Waals surface area contributed by atoms with E-state index >= 15 is 0 Å². The van der Waals surface area contributed by atoms with Crippen LogP contribution in [0.2, 0.25) is 0 Å². The van der Waals surface area contributed by atoms with Crippen LogP contribution in [-0.2, 0) is 6.54 Å². The molecule has 1 unspecified atom stereocenters. The normalized spacial score (nSPS) is 21.9. The number of likely N-dealkylation sites (tertiary alicyclic amines) is 1. The Bertz CT molecular complexity index is 633. The number of hydrogen-bond donors (Lipinski definition) is 1. The van der Waals surface area contributed by atoms with Gasteiger partial charge in [-0.2, -0.15) is 0 Å². The summed E-state index contributed by atoms with van der Waals surface area (Å²) in [6.07, 6.45) is 1.04. The minimum Gasteiger partial charge on any atom is -0.441 e. The minimum atomic E-state index is 0.151. The molecule has 3 rings (SSSR count). The molecule has 1 aliphatic rings. The number of nitrogens with zero attached hydrogens (tertiary/aromatic N) is 2. The molecular weight excluding hydrogens is 274 g/mol. The van der Waals surface area contributed by atoms with E-state index in [1.165, 1.54) is 0 Å². The number of rotatable bonds is 3. The molecule has 2 N–H and O–H groups in total. The fourth-order valence-corrected chi connectivity index (χ4v) is 3.11. The topological polar surface area (TPSA) is 55.3 Å². The maximum absolute atomic E-state index is 6.22. The Morgan fingerprint density at radius 1 is 1.32 bits per heavy atom. The third-order valence-electron chi connectivity index (χ3n) is 4.68. The quantitative estimate of drug-likeness (QED) is 0.945. The van der Waals surface area contributed by atoms with Crippen LogP contribution in [-0.4, -0.2) is 29.0 Å². The monoisotopic (exact) mass is 299 g/mol. The van der Waals surface area contributed by atoms with Crippen molar-refractivity contribution in [1.82, 2.24) is 9.88 Å². The second-order valence-electron chi connectivity index (χ2n) is 6.98. The summed E-state index contributed by atoms with van der Waals surface area (Å²) in [7, 11) is 0. The Labute approximate surface area is 132 Å². The Balaban J connectivity index is 1.75. The van der Waals surface area contributed by atoms with E-state index < -0.39 is 0 Å². The first-order valence-corrected chi connectivity index (χ1v) is 7.95. The highest BCUT2D eigenvalue weighted by atomic mass is 16.4. The van der Waals surface area contributed by atoms with Crippen molar-refractivity contribution in [2.24, 2.45) is 11.1 Å². The fourth-order valence-electron chi connectivity index (χ4n) is 3.11. The lowest BCUT2D eigenvalue weighted by molar-refractivity contribution is 0.0887. The minimum absolute atomic E-state index is 0.151. The van der Waals surface area contributed by atoms with Crippen LogP contribution in [0, 0.1) is 12.3 Å². The predicted molar refractivity (Wildman–Crippen MR) is 88.3 cm³/mol. The maximum Gasteiger partial charge on any atom is 0.226 e. The van der Waals surface area contributed by atoms with Crippen molar-refractivity contribution in [1.29, 1.82) is 0 Å². The average molecular weight is 299 g/mol. The lowest BCUT2D eigenvalue weighted by Gasteiger charge is -2.42.